The van der Waals surface area contributed by atoms with Crippen molar-refractivity contribution >= 4 is 0 Å². The number of hydrogen-bond acceptors (Lipinski definition) is 2. The second-order valence-corrected chi connectivity index (χ2v) is 5.19. The summed E-state index contributed by atoms with van der Waals surface area (Å²) in [6.45, 7) is 8.76. The molecule has 0 bridgehead atoms. The predicted octanol–water partition coefficient (Wildman–Crippen LogP) is 2.96. The normalized spacial score (nSPS) is 11.7. The third-order valence-electron chi connectivity index (χ3n) is 2.62. The van der Waals surface area contributed by atoms with Gasteiger partial charge in [-0.25, -0.2) is 0 Å². The molecule has 0 radical (unpaired) electrons. The zero-order valence-electron chi connectivity index (χ0n) is 10.6. The van der Waals surface area contributed by atoms with E-state index in [0.717, 1.165) is 19.5 Å². The molecule has 0 unspecified atom stereocenters. The summed E-state index contributed by atoms with van der Waals surface area (Å²) >= 11 is 0. The Balaban J connectivity index is 2.51. The Morgan fingerprint density at radius 3 is 2.69 bits per heavy atom. The van der Waals surface area contributed by atoms with Gasteiger partial charge < -0.3 is 10.4 Å². The molecule has 0 atom stereocenters. The van der Waals surface area contributed by atoms with Gasteiger partial charge in [0, 0.05) is 6.54 Å². The van der Waals surface area contributed by atoms with E-state index < -0.39 is 0 Å². The number of phenols is 1. The zero-order valence-corrected chi connectivity index (χ0v) is 10.6. The molecule has 2 N–H and O–H groups in total. The van der Waals surface area contributed by atoms with Crippen LogP contribution in [0.15, 0.2) is 24.3 Å². The largest absolute Gasteiger partial charge is 0.508 e. The van der Waals surface area contributed by atoms with E-state index in [4.69, 9.17) is 0 Å². The van der Waals surface area contributed by atoms with Crippen LogP contribution in [0.5, 0.6) is 5.75 Å². The Morgan fingerprint density at radius 2 is 2.06 bits per heavy atom. The molecule has 0 saturated carbocycles. The van der Waals surface area contributed by atoms with Crippen LogP contribution in [-0.4, -0.2) is 18.2 Å². The Bertz CT molecular complexity index is 320. The summed E-state index contributed by atoms with van der Waals surface area (Å²) in [6.07, 6.45) is 2.15. The lowest BCUT2D eigenvalue weighted by atomic mass is 9.85. The van der Waals surface area contributed by atoms with Crippen molar-refractivity contribution in [2.45, 2.75) is 33.6 Å². The topological polar surface area (TPSA) is 32.3 Å². The van der Waals surface area contributed by atoms with Gasteiger partial charge in [0.05, 0.1) is 0 Å². The quantitative estimate of drug-likeness (QED) is 0.724. The van der Waals surface area contributed by atoms with Crippen molar-refractivity contribution in [3.05, 3.63) is 29.8 Å². The standard InChI is InChI=1S/C14H23NO/c1-4-8-15-11-14(2,3)10-12-6-5-7-13(16)9-12/h5-7,9,15-16H,4,8,10-11H2,1-3H3. The molecule has 0 spiro atoms. The van der Waals surface area contributed by atoms with E-state index in [1.165, 1.54) is 12.0 Å². The van der Waals surface area contributed by atoms with Gasteiger partial charge in [0.2, 0.25) is 0 Å². The molecule has 1 aromatic rings. The molecule has 1 rings (SSSR count). The van der Waals surface area contributed by atoms with Crippen molar-refractivity contribution in [3.8, 4) is 5.75 Å². The average Bonchev–Trinajstić information content (AvgIpc) is 2.17. The number of rotatable bonds is 6. The highest BCUT2D eigenvalue weighted by Crippen LogP contribution is 2.22. The Labute approximate surface area is 98.7 Å². The van der Waals surface area contributed by atoms with Gasteiger partial charge in [-0.05, 0) is 42.5 Å². The van der Waals surface area contributed by atoms with Gasteiger partial charge in [-0.3, -0.25) is 0 Å². The number of aromatic hydroxyl groups is 1. The first-order chi connectivity index (χ1) is 7.53. The highest BCUT2D eigenvalue weighted by molar-refractivity contribution is 5.27. The molecular formula is C14H23NO. The first-order valence-corrected chi connectivity index (χ1v) is 6.02. The van der Waals surface area contributed by atoms with E-state index in [0.29, 0.717) is 5.75 Å². The summed E-state index contributed by atoms with van der Waals surface area (Å²) in [6, 6.07) is 7.54. The number of nitrogens with one attached hydrogen (secondary N) is 1. The van der Waals surface area contributed by atoms with Crippen LogP contribution in [0.1, 0.15) is 32.8 Å². The summed E-state index contributed by atoms with van der Waals surface area (Å²) in [7, 11) is 0. The number of phenolic OH excluding ortho intramolecular Hbond substituents is 1. The van der Waals surface area contributed by atoms with Crippen molar-refractivity contribution in [2.24, 2.45) is 5.41 Å². The van der Waals surface area contributed by atoms with Crippen LogP contribution < -0.4 is 5.32 Å². The first-order valence-electron chi connectivity index (χ1n) is 6.02. The predicted molar refractivity (Wildman–Crippen MR) is 68.8 cm³/mol. The first kappa shape index (κ1) is 13.0. The van der Waals surface area contributed by atoms with Gasteiger partial charge >= 0.3 is 0 Å². The summed E-state index contributed by atoms with van der Waals surface area (Å²) in [5, 5.41) is 12.9. The van der Waals surface area contributed by atoms with Crippen LogP contribution in [0.2, 0.25) is 0 Å². The fraction of sp³-hybridized carbons (Fsp3) is 0.571. The second-order valence-electron chi connectivity index (χ2n) is 5.19. The molecule has 0 aliphatic carbocycles. The Morgan fingerprint density at radius 1 is 1.31 bits per heavy atom. The SMILES string of the molecule is CCCNCC(C)(C)Cc1cccc(O)c1. The summed E-state index contributed by atoms with van der Waals surface area (Å²) in [5.41, 5.74) is 1.42. The molecule has 2 nitrogen and oxygen atoms in total. The highest BCUT2D eigenvalue weighted by atomic mass is 16.3. The van der Waals surface area contributed by atoms with Crippen molar-refractivity contribution in [1.29, 1.82) is 0 Å². The van der Waals surface area contributed by atoms with E-state index in [1.807, 2.05) is 12.1 Å². The van der Waals surface area contributed by atoms with Crippen LogP contribution in [-0.2, 0) is 6.42 Å². The third kappa shape index (κ3) is 4.67. The van der Waals surface area contributed by atoms with Crippen LogP contribution in [0.3, 0.4) is 0 Å². The van der Waals surface area contributed by atoms with E-state index >= 15 is 0 Å². The van der Waals surface area contributed by atoms with Crippen LogP contribution >= 0.6 is 0 Å². The minimum Gasteiger partial charge on any atom is -0.508 e. The molecule has 0 fully saturated rings. The number of benzene rings is 1. The van der Waals surface area contributed by atoms with Gasteiger partial charge in [0.15, 0.2) is 0 Å². The Hall–Kier alpha value is -1.02. The van der Waals surface area contributed by atoms with Gasteiger partial charge in [-0.2, -0.15) is 0 Å². The minimum absolute atomic E-state index is 0.225. The van der Waals surface area contributed by atoms with E-state index in [2.05, 4.69) is 32.2 Å². The monoisotopic (exact) mass is 221 g/mol. The maximum absolute atomic E-state index is 9.41. The maximum atomic E-state index is 9.41. The molecule has 90 valence electrons. The molecule has 0 amide bonds. The van der Waals surface area contributed by atoms with Crippen molar-refractivity contribution in [3.63, 3.8) is 0 Å². The molecule has 0 saturated heterocycles. The molecule has 0 aliphatic heterocycles. The van der Waals surface area contributed by atoms with Gasteiger partial charge in [-0.1, -0.05) is 32.9 Å². The van der Waals surface area contributed by atoms with Crippen LogP contribution in [0, 0.1) is 5.41 Å². The molecule has 2 heteroatoms. The number of hydrogen-bond donors (Lipinski definition) is 2. The van der Waals surface area contributed by atoms with Gasteiger partial charge in [0.25, 0.3) is 0 Å². The fourth-order valence-corrected chi connectivity index (χ4v) is 1.89. The fourth-order valence-electron chi connectivity index (χ4n) is 1.89. The second kappa shape index (κ2) is 5.90. The molecule has 16 heavy (non-hydrogen) atoms. The van der Waals surface area contributed by atoms with Crippen LogP contribution in [0.25, 0.3) is 0 Å². The lowest BCUT2D eigenvalue weighted by molar-refractivity contribution is 0.338. The molecule has 1 aromatic carbocycles. The maximum Gasteiger partial charge on any atom is 0.115 e. The molecule has 0 aromatic heterocycles. The molecule has 0 heterocycles. The van der Waals surface area contributed by atoms with Crippen LogP contribution in [0.4, 0.5) is 0 Å². The summed E-state index contributed by atoms with van der Waals surface area (Å²) < 4.78 is 0. The van der Waals surface area contributed by atoms with E-state index in [1.54, 1.807) is 6.07 Å². The van der Waals surface area contributed by atoms with E-state index in [9.17, 15) is 5.11 Å². The smallest absolute Gasteiger partial charge is 0.115 e. The zero-order chi connectivity index (χ0) is 12.0. The van der Waals surface area contributed by atoms with Gasteiger partial charge in [-0.15, -0.1) is 0 Å². The lowest BCUT2D eigenvalue weighted by Crippen LogP contribution is -2.31. The van der Waals surface area contributed by atoms with Crippen molar-refractivity contribution in [2.75, 3.05) is 13.1 Å². The summed E-state index contributed by atoms with van der Waals surface area (Å²) in [4.78, 5) is 0. The average molecular weight is 221 g/mol. The van der Waals surface area contributed by atoms with Crippen molar-refractivity contribution < 1.29 is 5.11 Å². The third-order valence-corrected chi connectivity index (χ3v) is 2.62. The molecule has 0 aliphatic rings. The van der Waals surface area contributed by atoms with Crippen molar-refractivity contribution in [1.82, 2.24) is 5.32 Å². The van der Waals surface area contributed by atoms with Gasteiger partial charge in [0.1, 0.15) is 5.75 Å². The highest BCUT2D eigenvalue weighted by Gasteiger charge is 2.17. The Kier molecular flexibility index (Phi) is 4.81. The lowest BCUT2D eigenvalue weighted by Gasteiger charge is -2.25. The molecular weight excluding hydrogens is 198 g/mol. The van der Waals surface area contributed by atoms with E-state index in [-0.39, 0.29) is 5.41 Å². The minimum atomic E-state index is 0.225. The summed E-state index contributed by atoms with van der Waals surface area (Å²) in [5.74, 6) is 0.356.